The van der Waals surface area contributed by atoms with E-state index in [1.165, 1.54) is 22.3 Å². The summed E-state index contributed by atoms with van der Waals surface area (Å²) in [6.07, 6.45) is 0. The van der Waals surface area contributed by atoms with Crippen molar-refractivity contribution in [3.05, 3.63) is 34.4 Å². The summed E-state index contributed by atoms with van der Waals surface area (Å²) in [5.41, 5.74) is 10.4. The third-order valence-corrected chi connectivity index (χ3v) is 4.02. The topological polar surface area (TPSA) is 55.1 Å². The molecule has 3 nitrogen and oxygen atoms in total. The fourth-order valence-corrected chi connectivity index (χ4v) is 3.22. The van der Waals surface area contributed by atoms with Gasteiger partial charge in [0.2, 0.25) is 5.91 Å². The minimum atomic E-state index is -0.257. The number of aryl methyl sites for hydroxylation is 3. The smallest absolute Gasteiger partial charge is 0.227 e. The molecule has 0 aliphatic carbocycles. The minimum Gasteiger partial charge on any atom is -0.369 e. The second kappa shape index (κ2) is 6.81. The van der Waals surface area contributed by atoms with E-state index < -0.39 is 0 Å². The van der Waals surface area contributed by atoms with Gasteiger partial charge in [0.05, 0.1) is 5.75 Å². The molecule has 4 heteroatoms. The fraction of sp³-hybridized carbons (Fsp3) is 0.500. The first-order valence-corrected chi connectivity index (χ1v) is 7.22. The molecular formula is C14H22N2OS. The van der Waals surface area contributed by atoms with Crippen LogP contribution in [-0.2, 0) is 4.79 Å². The summed E-state index contributed by atoms with van der Waals surface area (Å²) in [6.45, 7) is 6.39. The monoisotopic (exact) mass is 266 g/mol. The summed E-state index contributed by atoms with van der Waals surface area (Å²) in [5, 5.41) is 3.32. The van der Waals surface area contributed by atoms with Gasteiger partial charge in [-0.1, -0.05) is 17.7 Å². The zero-order valence-electron chi connectivity index (χ0n) is 11.5. The largest absolute Gasteiger partial charge is 0.369 e. The number of carbonyl (C=O) groups is 1. The van der Waals surface area contributed by atoms with Gasteiger partial charge in [0, 0.05) is 11.8 Å². The quantitative estimate of drug-likeness (QED) is 0.829. The fourth-order valence-electron chi connectivity index (χ4n) is 2.33. The van der Waals surface area contributed by atoms with Crippen LogP contribution >= 0.6 is 11.8 Å². The summed E-state index contributed by atoms with van der Waals surface area (Å²) >= 11 is 1.57. The molecule has 0 heterocycles. The lowest BCUT2D eigenvalue weighted by Crippen LogP contribution is -2.22. The van der Waals surface area contributed by atoms with Crippen LogP contribution in [0.25, 0.3) is 0 Å². The van der Waals surface area contributed by atoms with Gasteiger partial charge >= 0.3 is 0 Å². The average molecular weight is 266 g/mol. The molecule has 0 bridgehead atoms. The molecule has 0 fully saturated rings. The highest BCUT2D eigenvalue weighted by atomic mass is 32.2. The highest BCUT2D eigenvalue weighted by Crippen LogP contribution is 2.26. The van der Waals surface area contributed by atoms with E-state index in [9.17, 15) is 4.79 Å². The van der Waals surface area contributed by atoms with Gasteiger partial charge in [-0.15, -0.1) is 0 Å². The van der Waals surface area contributed by atoms with Gasteiger partial charge in [-0.2, -0.15) is 11.8 Å². The van der Waals surface area contributed by atoms with E-state index in [0.717, 1.165) is 5.75 Å². The zero-order valence-corrected chi connectivity index (χ0v) is 12.4. The Kier molecular flexibility index (Phi) is 5.69. The highest BCUT2D eigenvalue weighted by Gasteiger charge is 2.15. The molecule has 1 aromatic rings. The normalized spacial score (nSPS) is 12.4. The van der Waals surface area contributed by atoms with Crippen LogP contribution in [0.2, 0.25) is 0 Å². The lowest BCUT2D eigenvalue weighted by Gasteiger charge is -2.21. The maximum absolute atomic E-state index is 10.8. The number of hydrogen-bond acceptors (Lipinski definition) is 3. The Morgan fingerprint density at radius 3 is 2.33 bits per heavy atom. The number of hydrogen-bond donors (Lipinski definition) is 2. The summed E-state index contributed by atoms with van der Waals surface area (Å²) in [4.78, 5) is 10.8. The van der Waals surface area contributed by atoms with Gasteiger partial charge < -0.3 is 11.1 Å². The Hall–Kier alpha value is -1.00. The predicted molar refractivity (Wildman–Crippen MR) is 79.0 cm³/mol. The van der Waals surface area contributed by atoms with Crippen LogP contribution in [0.3, 0.4) is 0 Å². The average Bonchev–Trinajstić information content (AvgIpc) is 2.25. The van der Waals surface area contributed by atoms with Crippen molar-refractivity contribution in [3.8, 4) is 0 Å². The first-order chi connectivity index (χ1) is 8.45. The molecule has 0 spiro atoms. The third-order valence-electron chi connectivity index (χ3n) is 2.96. The standard InChI is InChI=1S/C14H22N2OS/c1-9-5-10(2)14(11(3)6-9)12(16-4)7-18-8-13(15)17/h5-6,12,16H,7-8H2,1-4H3,(H2,15,17). The molecule has 0 aromatic heterocycles. The molecule has 1 amide bonds. The van der Waals surface area contributed by atoms with Gasteiger partial charge in [-0.3, -0.25) is 4.79 Å². The lowest BCUT2D eigenvalue weighted by molar-refractivity contribution is -0.115. The van der Waals surface area contributed by atoms with Gasteiger partial charge in [0.25, 0.3) is 0 Å². The Morgan fingerprint density at radius 2 is 1.89 bits per heavy atom. The molecule has 100 valence electrons. The molecule has 1 atom stereocenters. The summed E-state index contributed by atoms with van der Waals surface area (Å²) in [6, 6.07) is 4.66. The molecule has 0 saturated heterocycles. The van der Waals surface area contributed by atoms with Crippen LogP contribution in [0.15, 0.2) is 12.1 Å². The Morgan fingerprint density at radius 1 is 1.33 bits per heavy atom. The molecule has 0 saturated carbocycles. The number of rotatable bonds is 6. The first kappa shape index (κ1) is 15.1. The maximum atomic E-state index is 10.8. The molecule has 1 unspecified atom stereocenters. The Bertz CT molecular complexity index is 409. The van der Waals surface area contributed by atoms with Crippen molar-refractivity contribution < 1.29 is 4.79 Å². The molecule has 1 rings (SSSR count). The van der Waals surface area contributed by atoms with Crippen molar-refractivity contribution in [2.24, 2.45) is 5.73 Å². The second-order valence-electron chi connectivity index (χ2n) is 4.64. The number of benzene rings is 1. The SMILES string of the molecule is CNC(CSCC(N)=O)c1c(C)cc(C)cc1C. The van der Waals surface area contributed by atoms with Crippen molar-refractivity contribution in [1.82, 2.24) is 5.32 Å². The number of carbonyl (C=O) groups excluding carboxylic acids is 1. The number of thioether (sulfide) groups is 1. The molecule has 0 aliphatic rings. The summed E-state index contributed by atoms with van der Waals surface area (Å²) in [7, 11) is 1.95. The van der Waals surface area contributed by atoms with Crippen molar-refractivity contribution in [1.29, 1.82) is 0 Å². The third kappa shape index (κ3) is 4.03. The maximum Gasteiger partial charge on any atom is 0.227 e. The molecule has 0 aliphatic heterocycles. The number of amides is 1. The van der Waals surface area contributed by atoms with E-state index >= 15 is 0 Å². The Labute approximate surface area is 114 Å². The van der Waals surface area contributed by atoms with Crippen molar-refractivity contribution in [3.63, 3.8) is 0 Å². The number of nitrogens with two attached hydrogens (primary N) is 1. The number of nitrogens with one attached hydrogen (secondary N) is 1. The Balaban J connectivity index is 2.85. The van der Waals surface area contributed by atoms with Crippen molar-refractivity contribution >= 4 is 17.7 Å². The van der Waals surface area contributed by atoms with E-state index in [4.69, 9.17) is 5.73 Å². The van der Waals surface area contributed by atoms with Crippen LogP contribution in [0.4, 0.5) is 0 Å². The van der Waals surface area contributed by atoms with Gasteiger partial charge in [-0.25, -0.2) is 0 Å². The second-order valence-corrected chi connectivity index (χ2v) is 5.67. The number of primary amides is 1. The summed E-state index contributed by atoms with van der Waals surface area (Å²) in [5.74, 6) is 0.971. The lowest BCUT2D eigenvalue weighted by atomic mass is 9.95. The van der Waals surface area contributed by atoms with Crippen LogP contribution in [-0.4, -0.2) is 24.5 Å². The molecular weight excluding hydrogens is 244 g/mol. The van der Waals surface area contributed by atoms with E-state index in [1.807, 2.05) is 7.05 Å². The van der Waals surface area contributed by atoms with E-state index in [2.05, 4.69) is 38.2 Å². The summed E-state index contributed by atoms with van der Waals surface area (Å²) < 4.78 is 0. The first-order valence-electron chi connectivity index (χ1n) is 6.06. The van der Waals surface area contributed by atoms with Gasteiger partial charge in [0.1, 0.15) is 0 Å². The van der Waals surface area contributed by atoms with Gasteiger partial charge in [-0.05, 0) is 44.5 Å². The van der Waals surface area contributed by atoms with Crippen molar-refractivity contribution in [2.75, 3.05) is 18.6 Å². The van der Waals surface area contributed by atoms with Crippen LogP contribution < -0.4 is 11.1 Å². The van der Waals surface area contributed by atoms with Crippen LogP contribution in [0.5, 0.6) is 0 Å². The highest BCUT2D eigenvalue weighted by molar-refractivity contribution is 7.99. The van der Waals surface area contributed by atoms with E-state index in [-0.39, 0.29) is 11.9 Å². The minimum absolute atomic E-state index is 0.257. The molecule has 3 N–H and O–H groups in total. The molecule has 18 heavy (non-hydrogen) atoms. The zero-order chi connectivity index (χ0) is 13.7. The molecule has 1 aromatic carbocycles. The van der Waals surface area contributed by atoms with Crippen molar-refractivity contribution in [2.45, 2.75) is 26.8 Å². The predicted octanol–water partition coefficient (Wildman–Crippen LogP) is 2.09. The van der Waals surface area contributed by atoms with Crippen LogP contribution in [0.1, 0.15) is 28.3 Å². The van der Waals surface area contributed by atoms with E-state index in [0.29, 0.717) is 5.75 Å². The van der Waals surface area contributed by atoms with Gasteiger partial charge in [0.15, 0.2) is 0 Å². The van der Waals surface area contributed by atoms with Crippen LogP contribution in [0, 0.1) is 20.8 Å². The van der Waals surface area contributed by atoms with E-state index in [1.54, 1.807) is 11.8 Å². The molecule has 0 radical (unpaired) electrons.